The summed E-state index contributed by atoms with van der Waals surface area (Å²) in [4.78, 5) is 0. The molecule has 0 saturated carbocycles. The largest absolute Gasteiger partial charge is 0.192 e. The summed E-state index contributed by atoms with van der Waals surface area (Å²) in [6.07, 6.45) is 29.3. The molecule has 0 heterocycles. The van der Waals surface area contributed by atoms with E-state index in [0.717, 1.165) is 12.8 Å². The second kappa shape index (κ2) is 22.0. The van der Waals surface area contributed by atoms with Crippen molar-refractivity contribution < 1.29 is 0 Å². The summed E-state index contributed by atoms with van der Waals surface area (Å²) >= 11 is 0. The quantitative estimate of drug-likeness (QED) is 0.154. The highest BCUT2D eigenvalue weighted by molar-refractivity contribution is 5.61. The van der Waals surface area contributed by atoms with Crippen molar-refractivity contribution in [2.75, 3.05) is 0 Å². The summed E-state index contributed by atoms with van der Waals surface area (Å²) in [5.74, 6) is 0. The fourth-order valence-corrected chi connectivity index (χ4v) is 5.15. The first-order chi connectivity index (χ1) is 18.7. The van der Waals surface area contributed by atoms with E-state index in [4.69, 9.17) is 0 Å². The molecule has 1 aromatic carbocycles. The first-order valence-corrected chi connectivity index (χ1v) is 15.2. The first-order valence-electron chi connectivity index (χ1n) is 15.2. The van der Waals surface area contributed by atoms with Crippen molar-refractivity contribution in [1.29, 1.82) is 21.0 Å². The topological polar surface area (TPSA) is 95.2 Å². The molecule has 0 fully saturated rings. The molecule has 1 rings (SSSR count). The highest BCUT2D eigenvalue weighted by atomic mass is 14.3. The predicted molar refractivity (Wildman–Crippen MR) is 157 cm³/mol. The Labute approximate surface area is 232 Å². The van der Waals surface area contributed by atoms with Gasteiger partial charge >= 0.3 is 0 Å². The average Bonchev–Trinajstić information content (AvgIpc) is 2.93. The molecule has 0 aliphatic heterocycles. The van der Waals surface area contributed by atoms with Crippen LogP contribution in [0.4, 0.5) is 0 Å². The lowest BCUT2D eigenvalue weighted by Gasteiger charge is -2.05. The van der Waals surface area contributed by atoms with Gasteiger partial charge in [-0.3, -0.25) is 0 Å². The number of nitriles is 4. The molecule has 0 unspecified atom stereocenters. The van der Waals surface area contributed by atoms with E-state index in [9.17, 15) is 21.0 Å². The van der Waals surface area contributed by atoms with E-state index in [-0.39, 0.29) is 27.5 Å². The van der Waals surface area contributed by atoms with Gasteiger partial charge in [0.2, 0.25) is 0 Å². The summed E-state index contributed by atoms with van der Waals surface area (Å²) in [6.45, 7) is 6.03. The summed E-state index contributed by atoms with van der Waals surface area (Å²) in [6, 6.07) is 8.04. The molecule has 0 N–H and O–H groups in total. The van der Waals surface area contributed by atoms with E-state index in [2.05, 4.69) is 13.5 Å². The van der Waals surface area contributed by atoms with Gasteiger partial charge in [0.05, 0.1) is 22.3 Å². The van der Waals surface area contributed by atoms with E-state index >= 15 is 0 Å². The molecule has 0 saturated heterocycles. The second-order valence-electron chi connectivity index (χ2n) is 10.5. The van der Waals surface area contributed by atoms with E-state index in [1.165, 1.54) is 116 Å². The molecule has 204 valence electrons. The van der Waals surface area contributed by atoms with Crippen LogP contribution in [0.25, 0.3) is 12.7 Å². The van der Waals surface area contributed by atoms with Gasteiger partial charge in [-0.25, -0.2) is 0 Å². The number of rotatable bonds is 21. The van der Waals surface area contributed by atoms with E-state index < -0.39 is 0 Å². The van der Waals surface area contributed by atoms with E-state index in [0.29, 0.717) is 11.6 Å². The van der Waals surface area contributed by atoms with Crippen LogP contribution in [0.15, 0.2) is 0 Å². The maximum Gasteiger partial charge on any atom is 0.101 e. The van der Waals surface area contributed by atoms with Crippen molar-refractivity contribution >= 4 is 12.7 Å². The van der Waals surface area contributed by atoms with Crippen LogP contribution in [-0.4, -0.2) is 0 Å². The Bertz CT molecular complexity index is 1030. The molecule has 0 radical (unpaired) electrons. The third kappa shape index (κ3) is 12.4. The zero-order valence-electron chi connectivity index (χ0n) is 23.9. The van der Waals surface area contributed by atoms with Gasteiger partial charge in [-0.1, -0.05) is 142 Å². The van der Waals surface area contributed by atoms with Gasteiger partial charge in [-0.15, -0.1) is 0 Å². The fourth-order valence-electron chi connectivity index (χ4n) is 5.15. The van der Waals surface area contributed by atoms with Crippen molar-refractivity contribution in [3.8, 4) is 24.3 Å². The zero-order chi connectivity index (χ0) is 27.8. The van der Waals surface area contributed by atoms with Crippen molar-refractivity contribution in [1.82, 2.24) is 0 Å². The van der Waals surface area contributed by atoms with Gasteiger partial charge < -0.3 is 0 Å². The van der Waals surface area contributed by atoms with E-state index in [1.54, 1.807) is 0 Å². The number of benzene rings is 1. The lowest BCUT2D eigenvalue weighted by molar-refractivity contribution is 0.522. The summed E-state index contributed by atoms with van der Waals surface area (Å²) < 4.78 is 0. The van der Waals surface area contributed by atoms with Gasteiger partial charge in [0.1, 0.15) is 24.3 Å². The van der Waals surface area contributed by atoms with Crippen LogP contribution in [-0.2, 0) is 0 Å². The molecule has 1 aromatic rings. The Morgan fingerprint density at radius 3 is 1.05 bits per heavy atom. The molecule has 4 heteroatoms. The third-order valence-electron chi connectivity index (χ3n) is 7.50. The predicted octanol–water partition coefficient (Wildman–Crippen LogP) is 8.58. The van der Waals surface area contributed by atoms with Crippen LogP contribution in [0.3, 0.4) is 0 Å². The van der Waals surface area contributed by atoms with Crippen molar-refractivity contribution in [3.63, 3.8) is 0 Å². The maximum atomic E-state index is 9.57. The lowest BCUT2D eigenvalue weighted by atomic mass is 9.94. The molecule has 0 aromatic heterocycles. The van der Waals surface area contributed by atoms with Crippen LogP contribution >= 0.6 is 0 Å². The minimum absolute atomic E-state index is 0.0952. The Kier molecular flexibility index (Phi) is 19.0. The van der Waals surface area contributed by atoms with Gasteiger partial charge in [0.15, 0.2) is 0 Å². The number of hydrogen-bond acceptors (Lipinski definition) is 4. The highest BCUT2D eigenvalue weighted by Gasteiger charge is 2.15. The first kappa shape index (κ1) is 32.9. The minimum atomic E-state index is 0.0952. The third-order valence-corrected chi connectivity index (χ3v) is 7.50. The fraction of sp³-hybridized carbons (Fsp3) is 0.647. The maximum absolute atomic E-state index is 9.57. The van der Waals surface area contributed by atoms with Crippen LogP contribution in [0.1, 0.15) is 164 Å². The molecule has 4 nitrogen and oxygen atoms in total. The summed E-state index contributed by atoms with van der Waals surface area (Å²) in [5.41, 5.74) is 0.498. The highest BCUT2D eigenvalue weighted by Crippen LogP contribution is 2.15. The summed E-state index contributed by atoms with van der Waals surface area (Å²) in [5, 5.41) is 38.6. The number of unbranched alkanes of at least 4 members (excludes halogenated alkanes) is 20. The molecular weight excluding hydrogens is 464 g/mol. The Hall–Kier alpha value is -3.08. The number of nitrogens with zero attached hydrogens (tertiary/aromatic N) is 4. The molecule has 0 amide bonds. The Morgan fingerprint density at radius 2 is 0.763 bits per heavy atom. The van der Waals surface area contributed by atoms with Gasteiger partial charge in [0, 0.05) is 10.4 Å². The standard InChI is InChI=1S/C34H48N4/c1-3-4-5-6-7-8-9-10-11-12-13-14-15-16-17-18-19-20-21-22-23-24-30-33(27-37)31(25-35)29(2)32(26-36)34(30)28-38/h24H,2-23H2,1H3. The van der Waals surface area contributed by atoms with E-state index in [1.807, 2.05) is 30.4 Å². The van der Waals surface area contributed by atoms with Crippen LogP contribution < -0.4 is 10.4 Å². The molecular formula is C34H48N4. The van der Waals surface area contributed by atoms with Gasteiger partial charge in [0.25, 0.3) is 0 Å². The molecule has 0 bridgehead atoms. The SMILES string of the molecule is C=c1c(C#N)c(C#N)c(=CCCCCCCCCCCCCCCCCCCCCCC)c(C#N)c1C#N. The molecule has 0 atom stereocenters. The molecule has 0 aliphatic carbocycles. The number of hydrogen-bond donors (Lipinski definition) is 0. The molecule has 0 aliphatic rings. The normalized spacial score (nSPS) is 10.3. The minimum Gasteiger partial charge on any atom is -0.192 e. The van der Waals surface area contributed by atoms with Crippen LogP contribution in [0.2, 0.25) is 0 Å². The molecule has 38 heavy (non-hydrogen) atoms. The zero-order valence-corrected chi connectivity index (χ0v) is 23.9. The smallest absolute Gasteiger partial charge is 0.101 e. The summed E-state index contributed by atoms with van der Waals surface area (Å²) in [7, 11) is 0. The second-order valence-corrected chi connectivity index (χ2v) is 10.5. The van der Waals surface area contributed by atoms with Crippen molar-refractivity contribution in [2.24, 2.45) is 0 Å². The molecule has 0 spiro atoms. The Morgan fingerprint density at radius 1 is 0.474 bits per heavy atom. The lowest BCUT2D eigenvalue weighted by Crippen LogP contribution is -2.25. The Balaban J connectivity index is 2.14. The van der Waals surface area contributed by atoms with Crippen molar-refractivity contribution in [3.05, 3.63) is 32.7 Å². The van der Waals surface area contributed by atoms with Crippen molar-refractivity contribution in [2.45, 2.75) is 142 Å². The van der Waals surface area contributed by atoms with Crippen LogP contribution in [0.5, 0.6) is 0 Å². The monoisotopic (exact) mass is 512 g/mol. The average molecular weight is 513 g/mol. The van der Waals surface area contributed by atoms with Gasteiger partial charge in [-0.05, 0) is 12.8 Å². The van der Waals surface area contributed by atoms with Gasteiger partial charge in [-0.2, -0.15) is 21.0 Å². The van der Waals surface area contributed by atoms with Crippen LogP contribution in [0, 0.1) is 45.3 Å².